The Kier molecular flexibility index (Phi) is 6.06. The maximum absolute atomic E-state index is 4.69. The van der Waals surface area contributed by atoms with Crippen LogP contribution in [0.25, 0.3) is 0 Å². The van der Waals surface area contributed by atoms with Gasteiger partial charge in [-0.15, -0.1) is 11.3 Å². The highest BCUT2D eigenvalue weighted by Gasteiger charge is 2.32. The summed E-state index contributed by atoms with van der Waals surface area (Å²) in [5.74, 6) is 1.78. The van der Waals surface area contributed by atoms with E-state index in [2.05, 4.69) is 55.6 Å². The van der Waals surface area contributed by atoms with Crippen molar-refractivity contribution in [3.8, 4) is 0 Å². The zero-order valence-electron chi connectivity index (χ0n) is 13.6. The van der Waals surface area contributed by atoms with Crippen molar-refractivity contribution < 1.29 is 0 Å². The molecule has 0 bridgehead atoms. The van der Waals surface area contributed by atoms with Crippen LogP contribution in [0.15, 0.2) is 17.1 Å². The van der Waals surface area contributed by atoms with E-state index in [1.165, 1.54) is 22.6 Å². The summed E-state index contributed by atoms with van der Waals surface area (Å²) >= 11 is 1.82. The first-order chi connectivity index (χ1) is 10.1. The number of likely N-dealkylation sites (N-methyl/N-ethyl adjacent to an activating group) is 1. The minimum Gasteiger partial charge on any atom is -0.357 e. The first-order valence-corrected chi connectivity index (χ1v) is 8.65. The summed E-state index contributed by atoms with van der Waals surface area (Å²) < 4.78 is 0. The van der Waals surface area contributed by atoms with Gasteiger partial charge in [-0.3, -0.25) is 0 Å². The Balaban J connectivity index is 1.88. The number of nitrogens with zero attached hydrogens (tertiary/aromatic N) is 2. The molecule has 4 nitrogen and oxygen atoms in total. The molecule has 1 atom stereocenters. The van der Waals surface area contributed by atoms with Gasteiger partial charge in [0.1, 0.15) is 0 Å². The van der Waals surface area contributed by atoms with E-state index in [-0.39, 0.29) is 0 Å². The fourth-order valence-electron chi connectivity index (χ4n) is 2.52. The second-order valence-electron chi connectivity index (χ2n) is 5.96. The van der Waals surface area contributed by atoms with Crippen LogP contribution in [0.5, 0.6) is 0 Å². The molecule has 0 spiro atoms. The van der Waals surface area contributed by atoms with E-state index in [1.807, 2.05) is 11.3 Å². The average molecular weight is 308 g/mol. The van der Waals surface area contributed by atoms with Crippen LogP contribution in [-0.2, 0) is 6.54 Å². The van der Waals surface area contributed by atoms with Crippen LogP contribution in [-0.4, -0.2) is 44.1 Å². The molecule has 1 aliphatic carbocycles. The standard InChI is InChI=1S/C16H28N4S/c1-5-17-16(18-10-14-9-6-12(2)21-14)19-11-15(20(3)4)13-7-8-13/h6,9,13,15H,5,7-8,10-11H2,1-4H3,(H2,17,18,19). The Morgan fingerprint density at radius 3 is 2.67 bits per heavy atom. The van der Waals surface area contributed by atoms with Gasteiger partial charge in [0.15, 0.2) is 5.96 Å². The van der Waals surface area contributed by atoms with Gasteiger partial charge in [0, 0.05) is 28.9 Å². The minimum atomic E-state index is 0.609. The maximum Gasteiger partial charge on any atom is 0.191 e. The van der Waals surface area contributed by atoms with Crippen molar-refractivity contribution in [3.05, 3.63) is 21.9 Å². The fraction of sp³-hybridized carbons (Fsp3) is 0.688. The third kappa shape index (κ3) is 5.32. The van der Waals surface area contributed by atoms with Gasteiger partial charge in [0.05, 0.1) is 6.54 Å². The molecular weight excluding hydrogens is 280 g/mol. The molecular formula is C16H28N4S. The fourth-order valence-corrected chi connectivity index (χ4v) is 3.34. The van der Waals surface area contributed by atoms with Gasteiger partial charge < -0.3 is 15.5 Å². The molecule has 1 fully saturated rings. The van der Waals surface area contributed by atoms with Crippen molar-refractivity contribution >= 4 is 17.3 Å². The monoisotopic (exact) mass is 308 g/mol. The molecule has 2 N–H and O–H groups in total. The second-order valence-corrected chi connectivity index (χ2v) is 7.33. The number of hydrogen-bond donors (Lipinski definition) is 2. The van der Waals surface area contributed by atoms with Crippen molar-refractivity contribution in [2.75, 3.05) is 27.2 Å². The van der Waals surface area contributed by atoms with E-state index in [4.69, 9.17) is 4.99 Å². The number of rotatable bonds is 7. The molecule has 0 aromatic carbocycles. The van der Waals surface area contributed by atoms with Crippen LogP contribution < -0.4 is 10.6 Å². The normalized spacial score (nSPS) is 17.1. The number of aryl methyl sites for hydroxylation is 1. The Morgan fingerprint density at radius 2 is 2.14 bits per heavy atom. The summed E-state index contributed by atoms with van der Waals surface area (Å²) in [6, 6.07) is 4.93. The van der Waals surface area contributed by atoms with Crippen LogP contribution in [0.4, 0.5) is 0 Å². The molecule has 1 unspecified atom stereocenters. The van der Waals surface area contributed by atoms with Gasteiger partial charge >= 0.3 is 0 Å². The highest BCUT2D eigenvalue weighted by Crippen LogP contribution is 2.34. The summed E-state index contributed by atoms with van der Waals surface area (Å²) in [6.07, 6.45) is 2.74. The quantitative estimate of drug-likeness (QED) is 0.600. The van der Waals surface area contributed by atoms with Crippen molar-refractivity contribution in [3.63, 3.8) is 0 Å². The predicted octanol–water partition coefficient (Wildman–Crippen LogP) is 2.45. The molecule has 2 rings (SSSR count). The summed E-state index contributed by atoms with van der Waals surface area (Å²) in [5.41, 5.74) is 0. The molecule has 0 amide bonds. The second kappa shape index (κ2) is 7.80. The van der Waals surface area contributed by atoms with E-state index in [1.54, 1.807) is 0 Å². The maximum atomic E-state index is 4.69. The lowest BCUT2D eigenvalue weighted by Gasteiger charge is -2.25. The van der Waals surface area contributed by atoms with Gasteiger partial charge in [-0.05, 0) is 58.8 Å². The first kappa shape index (κ1) is 16.3. The van der Waals surface area contributed by atoms with Crippen molar-refractivity contribution in [2.24, 2.45) is 10.9 Å². The largest absolute Gasteiger partial charge is 0.357 e. The number of thiophene rings is 1. The zero-order chi connectivity index (χ0) is 15.2. The molecule has 5 heteroatoms. The summed E-state index contributed by atoms with van der Waals surface area (Å²) in [5, 5.41) is 6.84. The Morgan fingerprint density at radius 1 is 1.38 bits per heavy atom. The zero-order valence-corrected chi connectivity index (χ0v) is 14.5. The Hall–Kier alpha value is -1.07. The number of hydrogen-bond acceptors (Lipinski definition) is 3. The summed E-state index contributed by atoms with van der Waals surface area (Å²) in [4.78, 5) is 9.69. The SMILES string of the molecule is CCNC(=NCc1ccc(C)s1)NCC(C1CC1)N(C)C. The lowest BCUT2D eigenvalue weighted by Crippen LogP contribution is -2.46. The van der Waals surface area contributed by atoms with Gasteiger partial charge in [-0.25, -0.2) is 4.99 Å². The molecule has 0 saturated heterocycles. The van der Waals surface area contributed by atoms with E-state index >= 15 is 0 Å². The lowest BCUT2D eigenvalue weighted by atomic mass is 10.1. The van der Waals surface area contributed by atoms with Crippen molar-refractivity contribution in [2.45, 2.75) is 39.3 Å². The smallest absolute Gasteiger partial charge is 0.191 e. The van der Waals surface area contributed by atoms with Gasteiger partial charge in [-0.2, -0.15) is 0 Å². The number of aliphatic imine (C=N–C) groups is 1. The first-order valence-electron chi connectivity index (χ1n) is 7.84. The van der Waals surface area contributed by atoms with E-state index in [0.717, 1.165) is 31.5 Å². The molecule has 0 radical (unpaired) electrons. The minimum absolute atomic E-state index is 0.609. The van der Waals surface area contributed by atoms with Gasteiger partial charge in [0.2, 0.25) is 0 Å². The lowest BCUT2D eigenvalue weighted by molar-refractivity contribution is 0.264. The van der Waals surface area contributed by atoms with Gasteiger partial charge in [-0.1, -0.05) is 0 Å². The Labute approximate surface area is 132 Å². The molecule has 1 heterocycles. The molecule has 1 aromatic heterocycles. The van der Waals surface area contributed by atoms with Crippen molar-refractivity contribution in [1.82, 2.24) is 15.5 Å². The van der Waals surface area contributed by atoms with Crippen molar-refractivity contribution in [1.29, 1.82) is 0 Å². The van der Waals surface area contributed by atoms with E-state index in [9.17, 15) is 0 Å². The summed E-state index contributed by atoms with van der Waals surface area (Å²) in [7, 11) is 4.34. The highest BCUT2D eigenvalue weighted by atomic mass is 32.1. The van der Waals surface area contributed by atoms with E-state index < -0.39 is 0 Å². The molecule has 1 aliphatic rings. The third-order valence-electron chi connectivity index (χ3n) is 3.84. The molecule has 0 aliphatic heterocycles. The third-order valence-corrected chi connectivity index (χ3v) is 4.83. The predicted molar refractivity (Wildman–Crippen MR) is 92.1 cm³/mol. The van der Waals surface area contributed by atoms with Crippen LogP contribution in [0.3, 0.4) is 0 Å². The average Bonchev–Trinajstić information content (AvgIpc) is 3.18. The van der Waals surface area contributed by atoms with Crippen LogP contribution >= 0.6 is 11.3 Å². The highest BCUT2D eigenvalue weighted by molar-refractivity contribution is 7.11. The van der Waals surface area contributed by atoms with E-state index in [0.29, 0.717) is 6.04 Å². The molecule has 1 aromatic rings. The van der Waals surface area contributed by atoms with Crippen LogP contribution in [0.1, 0.15) is 29.5 Å². The molecule has 21 heavy (non-hydrogen) atoms. The molecule has 118 valence electrons. The number of guanidine groups is 1. The summed E-state index contributed by atoms with van der Waals surface area (Å²) in [6.45, 7) is 6.86. The molecule has 1 saturated carbocycles. The number of nitrogens with one attached hydrogen (secondary N) is 2. The van der Waals surface area contributed by atoms with Crippen LogP contribution in [0, 0.1) is 12.8 Å². The van der Waals surface area contributed by atoms with Gasteiger partial charge in [0.25, 0.3) is 0 Å². The Bertz CT molecular complexity index is 461. The van der Waals surface area contributed by atoms with Crippen LogP contribution in [0.2, 0.25) is 0 Å². The topological polar surface area (TPSA) is 39.7 Å².